The monoisotopic (exact) mass is 241 g/mol. The SMILES string of the molecule is c1cncc(CN2CCC(n3cccc3)CC2)c1. The molecule has 0 amide bonds. The van der Waals surface area contributed by atoms with Gasteiger partial charge in [0.25, 0.3) is 0 Å². The van der Waals surface area contributed by atoms with E-state index in [1.807, 2.05) is 18.5 Å². The van der Waals surface area contributed by atoms with Crippen molar-refractivity contribution in [3.63, 3.8) is 0 Å². The molecule has 1 saturated heterocycles. The van der Waals surface area contributed by atoms with Crippen LogP contribution >= 0.6 is 0 Å². The molecule has 3 rings (SSSR count). The van der Waals surface area contributed by atoms with E-state index in [4.69, 9.17) is 0 Å². The van der Waals surface area contributed by atoms with E-state index >= 15 is 0 Å². The number of piperidine rings is 1. The van der Waals surface area contributed by atoms with E-state index in [0.29, 0.717) is 6.04 Å². The van der Waals surface area contributed by atoms with Gasteiger partial charge >= 0.3 is 0 Å². The molecule has 0 atom stereocenters. The molecule has 0 saturated carbocycles. The molecule has 3 nitrogen and oxygen atoms in total. The van der Waals surface area contributed by atoms with Crippen molar-refractivity contribution in [2.45, 2.75) is 25.4 Å². The van der Waals surface area contributed by atoms with E-state index < -0.39 is 0 Å². The molecular weight excluding hydrogens is 222 g/mol. The number of pyridine rings is 1. The number of nitrogens with zero attached hydrogens (tertiary/aromatic N) is 3. The van der Waals surface area contributed by atoms with Crippen LogP contribution < -0.4 is 0 Å². The zero-order valence-corrected chi connectivity index (χ0v) is 10.6. The van der Waals surface area contributed by atoms with Crippen molar-refractivity contribution in [2.75, 3.05) is 13.1 Å². The Balaban J connectivity index is 1.54. The van der Waals surface area contributed by atoms with E-state index in [1.54, 1.807) is 0 Å². The molecule has 1 aliphatic heterocycles. The summed E-state index contributed by atoms with van der Waals surface area (Å²) in [6, 6.07) is 9.09. The molecule has 2 aromatic rings. The van der Waals surface area contributed by atoms with Crippen molar-refractivity contribution in [1.29, 1.82) is 0 Å². The van der Waals surface area contributed by atoms with Crippen molar-refractivity contribution < 1.29 is 0 Å². The maximum atomic E-state index is 4.17. The van der Waals surface area contributed by atoms with Crippen LogP contribution in [0.1, 0.15) is 24.4 Å². The van der Waals surface area contributed by atoms with Crippen molar-refractivity contribution in [1.82, 2.24) is 14.5 Å². The molecule has 18 heavy (non-hydrogen) atoms. The molecule has 0 radical (unpaired) electrons. The van der Waals surface area contributed by atoms with E-state index in [9.17, 15) is 0 Å². The first kappa shape index (κ1) is 11.5. The highest BCUT2D eigenvalue weighted by molar-refractivity contribution is 5.08. The summed E-state index contributed by atoms with van der Waals surface area (Å²) in [6.45, 7) is 3.39. The van der Waals surface area contributed by atoms with Crippen LogP contribution in [0.3, 0.4) is 0 Å². The molecule has 0 bridgehead atoms. The standard InChI is InChI=1S/C15H19N3/c1-2-9-18(8-1)15-5-10-17(11-6-15)13-14-4-3-7-16-12-14/h1-4,7-9,12,15H,5-6,10-11,13H2. The average molecular weight is 241 g/mol. The molecule has 0 aromatic carbocycles. The zero-order valence-electron chi connectivity index (χ0n) is 10.6. The lowest BCUT2D eigenvalue weighted by atomic mass is 10.0. The lowest BCUT2D eigenvalue weighted by Gasteiger charge is -2.32. The highest BCUT2D eigenvalue weighted by Gasteiger charge is 2.19. The van der Waals surface area contributed by atoms with Gasteiger partial charge in [0.2, 0.25) is 0 Å². The average Bonchev–Trinajstić information content (AvgIpc) is 2.95. The summed E-state index contributed by atoms with van der Waals surface area (Å²) in [5, 5.41) is 0. The third-order valence-corrected chi connectivity index (χ3v) is 3.74. The van der Waals surface area contributed by atoms with Crippen molar-refractivity contribution in [3.05, 3.63) is 54.6 Å². The largest absolute Gasteiger partial charge is 0.351 e. The molecule has 94 valence electrons. The van der Waals surface area contributed by atoms with Gasteiger partial charge in [-0.25, -0.2) is 0 Å². The highest BCUT2D eigenvalue weighted by atomic mass is 15.1. The van der Waals surface area contributed by atoms with Gasteiger partial charge < -0.3 is 4.57 Å². The maximum absolute atomic E-state index is 4.17. The Kier molecular flexibility index (Phi) is 3.42. The minimum absolute atomic E-state index is 0.685. The van der Waals surface area contributed by atoms with Crippen molar-refractivity contribution >= 4 is 0 Å². The first-order valence-electron chi connectivity index (χ1n) is 6.65. The maximum Gasteiger partial charge on any atom is 0.0355 e. The van der Waals surface area contributed by atoms with Gasteiger partial charge in [-0.1, -0.05) is 6.07 Å². The predicted molar refractivity (Wildman–Crippen MR) is 72.2 cm³/mol. The number of rotatable bonds is 3. The Bertz CT molecular complexity index is 456. The lowest BCUT2D eigenvalue weighted by molar-refractivity contribution is 0.179. The van der Waals surface area contributed by atoms with Crippen molar-refractivity contribution in [2.24, 2.45) is 0 Å². The van der Waals surface area contributed by atoms with Crippen LogP contribution in [0.4, 0.5) is 0 Å². The van der Waals surface area contributed by atoms with Gasteiger partial charge in [0.15, 0.2) is 0 Å². The van der Waals surface area contributed by atoms with E-state index in [0.717, 1.165) is 6.54 Å². The molecular formula is C15H19N3. The van der Waals surface area contributed by atoms with E-state index in [2.05, 4.69) is 45.0 Å². The summed E-state index contributed by atoms with van der Waals surface area (Å²) in [6.07, 6.45) is 10.7. The van der Waals surface area contributed by atoms with Crippen LogP contribution in [0.15, 0.2) is 49.1 Å². The fourth-order valence-corrected chi connectivity index (χ4v) is 2.72. The Morgan fingerprint density at radius 1 is 1.11 bits per heavy atom. The highest BCUT2D eigenvalue weighted by Crippen LogP contribution is 2.23. The molecule has 0 N–H and O–H groups in total. The number of hydrogen-bond acceptors (Lipinski definition) is 2. The van der Waals surface area contributed by atoms with Crippen LogP contribution in [0.5, 0.6) is 0 Å². The Hall–Kier alpha value is -1.61. The predicted octanol–water partition coefficient (Wildman–Crippen LogP) is 2.72. The van der Waals surface area contributed by atoms with Crippen LogP contribution in [-0.2, 0) is 6.54 Å². The summed E-state index contributed by atoms with van der Waals surface area (Å²) in [5.41, 5.74) is 1.32. The third-order valence-electron chi connectivity index (χ3n) is 3.74. The van der Waals surface area contributed by atoms with Gasteiger partial charge in [0, 0.05) is 50.5 Å². The molecule has 0 aliphatic carbocycles. The molecule has 1 aliphatic rings. The van der Waals surface area contributed by atoms with Gasteiger partial charge in [0.1, 0.15) is 0 Å². The van der Waals surface area contributed by atoms with Crippen molar-refractivity contribution in [3.8, 4) is 0 Å². The minimum atomic E-state index is 0.685. The normalized spacial score (nSPS) is 18.0. The second kappa shape index (κ2) is 5.36. The molecule has 0 spiro atoms. The number of hydrogen-bond donors (Lipinski definition) is 0. The van der Waals surface area contributed by atoms with E-state index in [1.165, 1.54) is 31.5 Å². The smallest absolute Gasteiger partial charge is 0.0355 e. The quantitative estimate of drug-likeness (QED) is 0.824. The fraction of sp³-hybridized carbons (Fsp3) is 0.400. The summed E-state index contributed by atoms with van der Waals surface area (Å²) < 4.78 is 2.35. The third kappa shape index (κ3) is 2.62. The minimum Gasteiger partial charge on any atom is -0.351 e. The number of aromatic nitrogens is 2. The lowest BCUT2D eigenvalue weighted by Crippen LogP contribution is -2.33. The summed E-state index contributed by atoms with van der Waals surface area (Å²) in [4.78, 5) is 6.70. The summed E-state index contributed by atoms with van der Waals surface area (Å²) in [5.74, 6) is 0. The van der Waals surface area contributed by atoms with Gasteiger partial charge in [-0.05, 0) is 36.6 Å². The van der Waals surface area contributed by atoms with Gasteiger partial charge in [-0.15, -0.1) is 0 Å². The molecule has 3 heteroatoms. The summed E-state index contributed by atoms with van der Waals surface area (Å²) >= 11 is 0. The Morgan fingerprint density at radius 3 is 2.56 bits per heavy atom. The Morgan fingerprint density at radius 2 is 1.89 bits per heavy atom. The molecule has 1 fully saturated rings. The first-order valence-corrected chi connectivity index (χ1v) is 6.65. The molecule has 2 aromatic heterocycles. The van der Waals surface area contributed by atoms with E-state index in [-0.39, 0.29) is 0 Å². The van der Waals surface area contributed by atoms with Crippen LogP contribution in [0.2, 0.25) is 0 Å². The van der Waals surface area contributed by atoms with Gasteiger partial charge in [-0.3, -0.25) is 9.88 Å². The van der Waals surface area contributed by atoms with Crippen LogP contribution in [0, 0.1) is 0 Å². The fourth-order valence-electron chi connectivity index (χ4n) is 2.72. The second-order valence-electron chi connectivity index (χ2n) is 5.00. The zero-order chi connectivity index (χ0) is 12.2. The van der Waals surface area contributed by atoms with Crippen LogP contribution in [-0.4, -0.2) is 27.5 Å². The summed E-state index contributed by atoms with van der Waals surface area (Å²) in [7, 11) is 0. The molecule has 0 unspecified atom stereocenters. The topological polar surface area (TPSA) is 21.1 Å². The Labute approximate surface area is 108 Å². The van der Waals surface area contributed by atoms with Gasteiger partial charge in [0.05, 0.1) is 0 Å². The number of likely N-dealkylation sites (tertiary alicyclic amines) is 1. The van der Waals surface area contributed by atoms with Gasteiger partial charge in [-0.2, -0.15) is 0 Å². The first-order chi connectivity index (χ1) is 8.92. The van der Waals surface area contributed by atoms with Crippen LogP contribution in [0.25, 0.3) is 0 Å². The molecule has 3 heterocycles. The second-order valence-corrected chi connectivity index (χ2v) is 5.00.